The summed E-state index contributed by atoms with van der Waals surface area (Å²) in [5, 5.41) is 11.8. The van der Waals surface area contributed by atoms with Gasteiger partial charge in [-0.1, -0.05) is 42.1 Å². The number of ketones is 1. The maximum Gasteiger partial charge on any atom is 0.332 e. The van der Waals surface area contributed by atoms with Gasteiger partial charge in [0, 0.05) is 7.05 Å². The van der Waals surface area contributed by atoms with Crippen LogP contribution in [0.2, 0.25) is 0 Å². The molecule has 2 heterocycles. The molecule has 0 bridgehead atoms. The van der Waals surface area contributed by atoms with E-state index in [9.17, 15) is 14.4 Å². The van der Waals surface area contributed by atoms with Gasteiger partial charge in [0.25, 0.3) is 5.56 Å². The van der Waals surface area contributed by atoms with Gasteiger partial charge >= 0.3 is 5.69 Å². The van der Waals surface area contributed by atoms with E-state index in [1.807, 2.05) is 44.2 Å². The third-order valence-electron chi connectivity index (χ3n) is 4.33. The summed E-state index contributed by atoms with van der Waals surface area (Å²) in [6, 6.07) is 9.21. The summed E-state index contributed by atoms with van der Waals surface area (Å²) in [4.78, 5) is 38.0. The van der Waals surface area contributed by atoms with E-state index in [1.165, 1.54) is 11.6 Å². The summed E-state index contributed by atoms with van der Waals surface area (Å²) in [5.41, 5.74) is 5.42. The van der Waals surface area contributed by atoms with Crippen molar-refractivity contribution in [1.82, 2.24) is 29.3 Å². The minimum absolute atomic E-state index is 0.0216. The van der Waals surface area contributed by atoms with Crippen molar-refractivity contribution in [3.63, 3.8) is 0 Å². The topological polar surface area (TPSA) is 131 Å². The zero-order valence-electron chi connectivity index (χ0n) is 16.3. The Balaban J connectivity index is 1.94. The summed E-state index contributed by atoms with van der Waals surface area (Å²) in [7, 11) is 1.33. The van der Waals surface area contributed by atoms with Gasteiger partial charge in [0.2, 0.25) is 5.16 Å². The number of aromatic nitrogens is 6. The number of nitrogens with zero attached hydrogens (tertiary/aromatic N) is 6. The van der Waals surface area contributed by atoms with E-state index in [2.05, 4.69) is 15.5 Å². The second kappa shape index (κ2) is 8.43. The lowest BCUT2D eigenvalue weighted by Crippen LogP contribution is -2.43. The second-order valence-corrected chi connectivity index (χ2v) is 7.63. The van der Waals surface area contributed by atoms with Crippen LogP contribution in [0, 0.1) is 0 Å². The average Bonchev–Trinajstić information content (AvgIpc) is 3.18. The first-order valence-electron chi connectivity index (χ1n) is 8.88. The summed E-state index contributed by atoms with van der Waals surface area (Å²) < 4.78 is 3.71. The van der Waals surface area contributed by atoms with Crippen molar-refractivity contribution in [2.24, 2.45) is 7.05 Å². The molecule has 0 amide bonds. The van der Waals surface area contributed by atoms with Crippen LogP contribution in [-0.4, -0.2) is 40.9 Å². The van der Waals surface area contributed by atoms with Crippen LogP contribution < -0.4 is 17.0 Å². The Morgan fingerprint density at radius 2 is 1.90 bits per heavy atom. The lowest BCUT2D eigenvalue weighted by atomic mass is 10.2. The highest BCUT2D eigenvalue weighted by Crippen LogP contribution is 2.19. The zero-order valence-corrected chi connectivity index (χ0v) is 17.1. The highest BCUT2D eigenvalue weighted by Gasteiger charge is 2.22. The lowest BCUT2D eigenvalue weighted by molar-refractivity contribution is 0.102. The monoisotopic (exact) mass is 415 g/mol. The number of nitrogens with two attached hydrogens (primary N) is 1. The van der Waals surface area contributed by atoms with Gasteiger partial charge in [-0.25, -0.2) is 9.48 Å². The van der Waals surface area contributed by atoms with Crippen molar-refractivity contribution in [1.29, 1.82) is 0 Å². The molecule has 3 aromatic rings. The van der Waals surface area contributed by atoms with Crippen molar-refractivity contribution < 1.29 is 4.79 Å². The number of Topliss-reactive ketones (excluding diaryl/α,β-unsaturated/α-hetero) is 1. The molecule has 0 unspecified atom stereocenters. The fourth-order valence-corrected chi connectivity index (χ4v) is 3.65. The number of thioether (sulfide) groups is 1. The van der Waals surface area contributed by atoms with Crippen LogP contribution in [0.15, 0.2) is 45.1 Å². The Morgan fingerprint density at radius 1 is 1.21 bits per heavy atom. The van der Waals surface area contributed by atoms with Gasteiger partial charge in [0.1, 0.15) is 11.4 Å². The van der Waals surface area contributed by atoms with E-state index in [-0.39, 0.29) is 29.7 Å². The smallest absolute Gasteiger partial charge is 0.332 e. The highest BCUT2D eigenvalue weighted by molar-refractivity contribution is 7.99. The standard InChI is InChI=1S/C18H21N7O3S/c1-11(2)25-17(20-21-22-25)29-10-13(26)14-15(19)24(18(28)23(3)16(14)27)9-12-7-5-4-6-8-12/h4-8,11H,9-10,19H2,1-3H3. The first kappa shape index (κ1) is 20.5. The van der Waals surface area contributed by atoms with Crippen LogP contribution in [0.5, 0.6) is 0 Å². The summed E-state index contributed by atoms with van der Waals surface area (Å²) >= 11 is 1.11. The third kappa shape index (κ3) is 4.14. The molecule has 0 aliphatic heterocycles. The number of benzene rings is 1. The molecular formula is C18H21N7O3S. The van der Waals surface area contributed by atoms with Gasteiger partial charge < -0.3 is 5.73 Å². The average molecular weight is 415 g/mol. The van der Waals surface area contributed by atoms with Gasteiger partial charge in [-0.3, -0.25) is 18.7 Å². The first-order chi connectivity index (χ1) is 13.8. The Morgan fingerprint density at radius 3 is 2.55 bits per heavy atom. The molecule has 0 fully saturated rings. The fraction of sp³-hybridized carbons (Fsp3) is 0.333. The molecule has 0 aliphatic rings. The predicted octanol–water partition coefficient (Wildman–Crippen LogP) is 0.720. The second-order valence-electron chi connectivity index (χ2n) is 6.69. The molecule has 2 aromatic heterocycles. The number of carbonyl (C=O) groups excluding carboxylic acids is 1. The Labute approximate surface area is 170 Å². The minimum Gasteiger partial charge on any atom is -0.384 e. The first-order valence-corrected chi connectivity index (χ1v) is 9.87. The quantitative estimate of drug-likeness (QED) is 0.441. The van der Waals surface area contributed by atoms with Crippen LogP contribution in [0.3, 0.4) is 0 Å². The summed E-state index contributed by atoms with van der Waals surface area (Å²) in [6.45, 7) is 3.98. The zero-order chi connectivity index (χ0) is 21.1. The number of hydrogen-bond acceptors (Lipinski definition) is 8. The van der Waals surface area contributed by atoms with Gasteiger partial charge in [-0.15, -0.1) is 5.10 Å². The maximum absolute atomic E-state index is 12.8. The molecule has 3 rings (SSSR count). The molecule has 10 nitrogen and oxygen atoms in total. The van der Waals surface area contributed by atoms with Crippen LogP contribution >= 0.6 is 11.8 Å². The van der Waals surface area contributed by atoms with Crippen LogP contribution in [-0.2, 0) is 13.6 Å². The van der Waals surface area contributed by atoms with Gasteiger partial charge in [-0.05, 0) is 29.8 Å². The van der Waals surface area contributed by atoms with Gasteiger partial charge in [0.05, 0.1) is 18.3 Å². The fourth-order valence-electron chi connectivity index (χ4n) is 2.77. The van der Waals surface area contributed by atoms with Crippen molar-refractivity contribution in [2.45, 2.75) is 31.6 Å². The van der Waals surface area contributed by atoms with Crippen molar-refractivity contribution in [2.75, 3.05) is 11.5 Å². The minimum atomic E-state index is -0.717. The predicted molar refractivity (Wildman–Crippen MR) is 109 cm³/mol. The molecule has 0 saturated carbocycles. The Hall–Kier alpha value is -3.21. The molecule has 0 atom stereocenters. The molecule has 0 spiro atoms. The lowest BCUT2D eigenvalue weighted by Gasteiger charge is -2.14. The van der Waals surface area contributed by atoms with Crippen LogP contribution in [0.4, 0.5) is 5.82 Å². The Kier molecular flexibility index (Phi) is 5.97. The van der Waals surface area contributed by atoms with E-state index >= 15 is 0 Å². The molecule has 152 valence electrons. The van der Waals surface area contributed by atoms with Crippen LogP contribution in [0.25, 0.3) is 0 Å². The molecule has 29 heavy (non-hydrogen) atoms. The molecule has 0 aliphatic carbocycles. The maximum atomic E-state index is 12.8. The van der Waals surface area contributed by atoms with E-state index < -0.39 is 17.0 Å². The molecular weight excluding hydrogens is 394 g/mol. The SMILES string of the molecule is CC(C)n1nnnc1SCC(=O)c1c(N)n(Cc2ccccc2)c(=O)n(C)c1=O. The number of nitrogen functional groups attached to an aromatic ring is 1. The molecule has 1 aromatic carbocycles. The van der Waals surface area contributed by atoms with E-state index in [0.29, 0.717) is 5.16 Å². The number of rotatable bonds is 7. The van der Waals surface area contributed by atoms with Crippen molar-refractivity contribution in [3.8, 4) is 0 Å². The molecule has 0 radical (unpaired) electrons. The number of carbonyl (C=O) groups is 1. The molecule has 0 saturated heterocycles. The van der Waals surface area contributed by atoms with Crippen molar-refractivity contribution >= 4 is 23.4 Å². The van der Waals surface area contributed by atoms with Gasteiger partial charge in [-0.2, -0.15) is 0 Å². The summed E-state index contributed by atoms with van der Waals surface area (Å²) in [6.07, 6.45) is 0. The van der Waals surface area contributed by atoms with E-state index in [0.717, 1.165) is 21.9 Å². The largest absolute Gasteiger partial charge is 0.384 e. The van der Waals surface area contributed by atoms with Gasteiger partial charge in [0.15, 0.2) is 5.78 Å². The van der Waals surface area contributed by atoms with E-state index in [4.69, 9.17) is 5.73 Å². The van der Waals surface area contributed by atoms with Crippen molar-refractivity contribution in [3.05, 3.63) is 62.3 Å². The number of anilines is 1. The molecule has 2 N–H and O–H groups in total. The number of hydrogen-bond donors (Lipinski definition) is 1. The third-order valence-corrected chi connectivity index (χ3v) is 5.26. The van der Waals surface area contributed by atoms with E-state index in [1.54, 1.807) is 4.68 Å². The number of tetrazole rings is 1. The summed E-state index contributed by atoms with van der Waals surface area (Å²) in [5.74, 6) is -0.722. The molecule has 11 heteroatoms. The highest BCUT2D eigenvalue weighted by atomic mass is 32.2. The van der Waals surface area contributed by atoms with Crippen LogP contribution in [0.1, 0.15) is 35.8 Å². The normalized spacial score (nSPS) is 11.2. The Bertz CT molecular complexity index is 1150.